The highest BCUT2D eigenvalue weighted by atomic mass is 15.1. The summed E-state index contributed by atoms with van der Waals surface area (Å²) in [7, 11) is 4.19. The van der Waals surface area contributed by atoms with Crippen LogP contribution in [0, 0.1) is 12.3 Å². The first-order valence-electron chi connectivity index (χ1n) is 3.42. The van der Waals surface area contributed by atoms with E-state index in [0.717, 1.165) is 13.0 Å². The zero-order valence-electron chi connectivity index (χ0n) is 7.07. The Morgan fingerprint density at radius 2 is 1.78 bits per heavy atom. The maximum absolute atomic E-state index is 3.88. The Morgan fingerprint density at radius 1 is 1.33 bits per heavy atom. The molecule has 0 aromatic rings. The molecule has 0 aromatic heterocycles. The number of hydrogen-bond acceptors (Lipinski definition) is 1. The molecule has 0 atom stereocenters. The lowest BCUT2D eigenvalue weighted by atomic mass is 9.90. The average molecular weight is 128 g/mol. The van der Waals surface area contributed by atoms with Crippen LogP contribution in [0.2, 0.25) is 0 Å². The molecule has 0 fully saturated rings. The van der Waals surface area contributed by atoms with Crippen molar-refractivity contribution in [3.8, 4) is 0 Å². The van der Waals surface area contributed by atoms with Gasteiger partial charge in [-0.1, -0.05) is 20.8 Å². The van der Waals surface area contributed by atoms with Crippen LogP contribution in [-0.2, 0) is 0 Å². The van der Waals surface area contributed by atoms with E-state index in [1.165, 1.54) is 0 Å². The van der Waals surface area contributed by atoms with Crippen molar-refractivity contribution in [1.82, 2.24) is 4.90 Å². The quantitative estimate of drug-likeness (QED) is 0.560. The van der Waals surface area contributed by atoms with E-state index in [-0.39, 0.29) is 0 Å². The van der Waals surface area contributed by atoms with Crippen molar-refractivity contribution >= 4 is 0 Å². The molecule has 0 aromatic carbocycles. The van der Waals surface area contributed by atoms with Gasteiger partial charge < -0.3 is 4.90 Å². The largest absolute Gasteiger partial charge is 0.309 e. The van der Waals surface area contributed by atoms with Gasteiger partial charge in [0, 0.05) is 6.54 Å². The summed E-state index contributed by atoms with van der Waals surface area (Å²) in [5.74, 6) is 0. The van der Waals surface area contributed by atoms with Gasteiger partial charge in [-0.3, -0.25) is 0 Å². The molecule has 0 aliphatic rings. The highest BCUT2D eigenvalue weighted by molar-refractivity contribution is 4.71. The van der Waals surface area contributed by atoms with E-state index in [1.54, 1.807) is 0 Å². The van der Waals surface area contributed by atoms with Gasteiger partial charge in [0.05, 0.1) is 0 Å². The van der Waals surface area contributed by atoms with Gasteiger partial charge in [0.1, 0.15) is 0 Å². The van der Waals surface area contributed by atoms with E-state index in [0.29, 0.717) is 5.41 Å². The van der Waals surface area contributed by atoms with Gasteiger partial charge in [0.25, 0.3) is 0 Å². The first-order chi connectivity index (χ1) is 3.98. The molecule has 0 unspecified atom stereocenters. The fraction of sp³-hybridized carbons (Fsp3) is 0.875. The molecule has 0 heterocycles. The van der Waals surface area contributed by atoms with Gasteiger partial charge in [-0.2, -0.15) is 0 Å². The second-order valence-corrected chi connectivity index (χ2v) is 3.65. The molecular formula is C8H18N. The van der Waals surface area contributed by atoms with Gasteiger partial charge >= 0.3 is 0 Å². The highest BCUT2D eigenvalue weighted by Gasteiger charge is 2.14. The molecular weight excluding hydrogens is 110 g/mol. The lowest BCUT2D eigenvalue weighted by Crippen LogP contribution is -2.27. The van der Waals surface area contributed by atoms with Gasteiger partial charge in [-0.15, -0.1) is 0 Å². The first kappa shape index (κ1) is 8.96. The highest BCUT2D eigenvalue weighted by Crippen LogP contribution is 2.19. The third kappa shape index (κ3) is 4.46. The molecule has 0 amide bonds. The average Bonchev–Trinajstić information content (AvgIpc) is 1.63. The topological polar surface area (TPSA) is 3.24 Å². The van der Waals surface area contributed by atoms with Crippen molar-refractivity contribution in [3.05, 3.63) is 6.92 Å². The number of nitrogens with zero attached hydrogens (tertiary/aromatic N) is 1. The third-order valence-corrected chi connectivity index (χ3v) is 1.42. The molecule has 0 spiro atoms. The van der Waals surface area contributed by atoms with Crippen LogP contribution >= 0.6 is 0 Å². The molecule has 0 bridgehead atoms. The zero-order valence-corrected chi connectivity index (χ0v) is 7.07. The van der Waals surface area contributed by atoms with Gasteiger partial charge in [-0.25, -0.2) is 0 Å². The predicted molar refractivity (Wildman–Crippen MR) is 42.3 cm³/mol. The summed E-state index contributed by atoms with van der Waals surface area (Å²) in [5, 5.41) is 0. The number of hydrogen-bond donors (Lipinski definition) is 0. The van der Waals surface area contributed by atoms with Gasteiger partial charge in [0.15, 0.2) is 0 Å². The van der Waals surface area contributed by atoms with Crippen LogP contribution in [0.25, 0.3) is 0 Å². The minimum atomic E-state index is 0.378. The van der Waals surface area contributed by atoms with E-state index in [2.05, 4.69) is 39.8 Å². The molecule has 0 aliphatic carbocycles. The summed E-state index contributed by atoms with van der Waals surface area (Å²) in [6, 6.07) is 0. The van der Waals surface area contributed by atoms with Crippen LogP contribution in [0.15, 0.2) is 0 Å². The van der Waals surface area contributed by atoms with Crippen LogP contribution < -0.4 is 0 Å². The van der Waals surface area contributed by atoms with Crippen molar-refractivity contribution in [1.29, 1.82) is 0 Å². The molecule has 0 N–H and O–H groups in total. The predicted octanol–water partition coefficient (Wildman–Crippen LogP) is 1.80. The van der Waals surface area contributed by atoms with Crippen LogP contribution in [0.1, 0.15) is 20.3 Å². The van der Waals surface area contributed by atoms with Gasteiger partial charge in [0.2, 0.25) is 0 Å². The van der Waals surface area contributed by atoms with Crippen LogP contribution in [-0.4, -0.2) is 25.5 Å². The molecule has 0 saturated heterocycles. The van der Waals surface area contributed by atoms with Crippen LogP contribution in [0.4, 0.5) is 0 Å². The summed E-state index contributed by atoms with van der Waals surface area (Å²) in [6.45, 7) is 9.48. The molecule has 1 heteroatoms. The molecule has 55 valence electrons. The van der Waals surface area contributed by atoms with Crippen molar-refractivity contribution in [2.75, 3.05) is 20.6 Å². The number of rotatable bonds is 3. The summed E-state index contributed by atoms with van der Waals surface area (Å²) in [6.07, 6.45) is 1.01. The van der Waals surface area contributed by atoms with E-state index in [9.17, 15) is 0 Å². The Balaban J connectivity index is 3.58. The first-order valence-corrected chi connectivity index (χ1v) is 3.42. The Morgan fingerprint density at radius 3 is 1.89 bits per heavy atom. The van der Waals surface area contributed by atoms with E-state index < -0.39 is 0 Å². The van der Waals surface area contributed by atoms with E-state index in [4.69, 9.17) is 0 Å². The molecule has 0 saturated carbocycles. The van der Waals surface area contributed by atoms with Crippen LogP contribution in [0.3, 0.4) is 0 Å². The van der Waals surface area contributed by atoms with E-state index >= 15 is 0 Å². The minimum Gasteiger partial charge on any atom is -0.309 e. The molecule has 0 aliphatic heterocycles. The molecule has 0 rings (SSSR count). The monoisotopic (exact) mass is 128 g/mol. The lowest BCUT2D eigenvalue weighted by molar-refractivity contribution is 0.242. The Hall–Kier alpha value is -0.0400. The molecule has 1 nitrogen and oxygen atoms in total. The normalized spacial score (nSPS) is 12.7. The van der Waals surface area contributed by atoms with Gasteiger partial charge in [-0.05, 0) is 25.9 Å². The Kier molecular flexibility index (Phi) is 3.20. The van der Waals surface area contributed by atoms with Crippen molar-refractivity contribution < 1.29 is 0 Å². The maximum atomic E-state index is 3.88. The maximum Gasteiger partial charge on any atom is 0.00266 e. The lowest BCUT2D eigenvalue weighted by Gasteiger charge is -2.26. The molecule has 1 radical (unpaired) electrons. The second kappa shape index (κ2) is 3.21. The summed E-state index contributed by atoms with van der Waals surface area (Å²) in [5.41, 5.74) is 0.378. The minimum absolute atomic E-state index is 0.378. The van der Waals surface area contributed by atoms with Crippen molar-refractivity contribution in [3.63, 3.8) is 0 Å². The van der Waals surface area contributed by atoms with Crippen molar-refractivity contribution in [2.45, 2.75) is 20.3 Å². The third-order valence-electron chi connectivity index (χ3n) is 1.42. The zero-order chi connectivity index (χ0) is 7.49. The summed E-state index contributed by atoms with van der Waals surface area (Å²) >= 11 is 0. The molecule has 9 heavy (non-hydrogen) atoms. The second-order valence-electron chi connectivity index (χ2n) is 3.65. The van der Waals surface area contributed by atoms with Crippen LogP contribution in [0.5, 0.6) is 0 Å². The Bertz CT molecular complexity index is 74.6. The smallest absolute Gasteiger partial charge is 0.00266 e. The standard InChI is InChI=1S/C8H18N/c1-6-8(2,3)7-9(4)5/h1,6-7H2,2-5H3. The Labute approximate surface area is 59.1 Å². The SMILES string of the molecule is [CH2]CC(C)(C)CN(C)C. The fourth-order valence-electron chi connectivity index (χ4n) is 0.935. The summed E-state index contributed by atoms with van der Waals surface area (Å²) in [4.78, 5) is 2.20. The van der Waals surface area contributed by atoms with Crippen molar-refractivity contribution in [2.24, 2.45) is 5.41 Å². The summed E-state index contributed by atoms with van der Waals surface area (Å²) < 4.78 is 0. The van der Waals surface area contributed by atoms with E-state index in [1.807, 2.05) is 0 Å². The fourth-order valence-corrected chi connectivity index (χ4v) is 0.935.